The summed E-state index contributed by atoms with van der Waals surface area (Å²) in [5.41, 5.74) is 1.51. The molecule has 0 aliphatic heterocycles. The van der Waals surface area contributed by atoms with Crippen LogP contribution in [0.2, 0.25) is 0 Å². The van der Waals surface area contributed by atoms with E-state index in [0.29, 0.717) is 29.2 Å². The number of anilines is 2. The number of hydrogen-bond acceptors (Lipinski definition) is 4. The zero-order chi connectivity index (χ0) is 18.8. The van der Waals surface area contributed by atoms with Gasteiger partial charge in [0.2, 0.25) is 0 Å². The number of nitrogens with one attached hydrogen (secondary N) is 3. The number of urea groups is 1. The number of rotatable bonds is 7. The van der Waals surface area contributed by atoms with Gasteiger partial charge in [-0.1, -0.05) is 18.2 Å². The van der Waals surface area contributed by atoms with Crippen LogP contribution in [-0.2, 0) is 4.79 Å². The van der Waals surface area contributed by atoms with Crippen molar-refractivity contribution in [3.8, 4) is 11.8 Å². The van der Waals surface area contributed by atoms with Gasteiger partial charge in [0, 0.05) is 17.9 Å². The van der Waals surface area contributed by atoms with Crippen molar-refractivity contribution in [2.45, 2.75) is 0 Å². The maximum atomic E-state index is 12.0. The molecule has 3 amide bonds. The minimum atomic E-state index is -0.359. The lowest BCUT2D eigenvalue weighted by Gasteiger charge is -2.10. The van der Waals surface area contributed by atoms with Crippen LogP contribution in [0.15, 0.2) is 61.2 Å². The van der Waals surface area contributed by atoms with Gasteiger partial charge in [0.15, 0.2) is 6.61 Å². The third kappa shape index (κ3) is 5.69. The normalized spacial score (nSPS) is 9.50. The molecule has 0 aliphatic rings. The fourth-order valence-corrected chi connectivity index (χ4v) is 2.00. The molecule has 7 nitrogen and oxygen atoms in total. The van der Waals surface area contributed by atoms with Gasteiger partial charge in [0.05, 0.1) is 5.56 Å². The van der Waals surface area contributed by atoms with Gasteiger partial charge in [0.25, 0.3) is 5.91 Å². The van der Waals surface area contributed by atoms with Gasteiger partial charge in [-0.25, -0.2) is 4.79 Å². The fourth-order valence-electron chi connectivity index (χ4n) is 2.00. The van der Waals surface area contributed by atoms with E-state index in [0.717, 1.165) is 0 Å². The quantitative estimate of drug-likeness (QED) is 0.668. The molecule has 0 fully saturated rings. The summed E-state index contributed by atoms with van der Waals surface area (Å²) in [5.74, 6) is -0.00240. The number of carbonyl (C=O) groups is 2. The van der Waals surface area contributed by atoms with E-state index in [1.54, 1.807) is 54.6 Å². The Hall–Kier alpha value is -3.79. The number of hydrogen-bond donors (Lipinski definition) is 3. The summed E-state index contributed by atoms with van der Waals surface area (Å²) in [6.07, 6.45) is 1.58. The van der Waals surface area contributed by atoms with Crippen molar-refractivity contribution in [2.24, 2.45) is 0 Å². The Bertz CT molecular complexity index is 825. The summed E-state index contributed by atoms with van der Waals surface area (Å²) in [4.78, 5) is 23.5. The minimum Gasteiger partial charge on any atom is -0.482 e. The molecule has 2 rings (SSSR count). The molecule has 0 heterocycles. The minimum absolute atomic E-state index is 0.220. The van der Waals surface area contributed by atoms with Crippen molar-refractivity contribution < 1.29 is 14.3 Å². The van der Waals surface area contributed by atoms with Crippen molar-refractivity contribution in [1.82, 2.24) is 5.32 Å². The van der Waals surface area contributed by atoms with Gasteiger partial charge < -0.3 is 20.7 Å². The maximum Gasteiger partial charge on any atom is 0.319 e. The van der Waals surface area contributed by atoms with E-state index < -0.39 is 0 Å². The molecule has 0 aliphatic carbocycles. The molecule has 0 unspecified atom stereocenters. The molecule has 0 aromatic heterocycles. The number of amides is 3. The number of benzene rings is 2. The highest BCUT2D eigenvalue weighted by atomic mass is 16.5. The largest absolute Gasteiger partial charge is 0.482 e. The third-order valence-corrected chi connectivity index (χ3v) is 3.20. The zero-order valence-corrected chi connectivity index (χ0v) is 14.0. The SMILES string of the molecule is C=CCNC(=O)Nc1ccc(NC(=O)COc2ccccc2C#N)cc1. The Morgan fingerprint density at radius 3 is 2.38 bits per heavy atom. The first-order chi connectivity index (χ1) is 12.6. The predicted octanol–water partition coefficient (Wildman–Crippen LogP) is 2.88. The lowest BCUT2D eigenvalue weighted by atomic mass is 10.2. The molecule has 0 saturated carbocycles. The van der Waals surface area contributed by atoms with Crippen LogP contribution in [0.5, 0.6) is 5.75 Å². The molecular weight excluding hydrogens is 332 g/mol. The molecule has 0 atom stereocenters. The lowest BCUT2D eigenvalue weighted by molar-refractivity contribution is -0.118. The Labute approximate surface area is 151 Å². The number of nitriles is 1. The highest BCUT2D eigenvalue weighted by Crippen LogP contribution is 2.17. The molecule has 0 bridgehead atoms. The Morgan fingerprint density at radius 1 is 1.08 bits per heavy atom. The van der Waals surface area contributed by atoms with Crippen LogP contribution in [-0.4, -0.2) is 25.1 Å². The van der Waals surface area contributed by atoms with Gasteiger partial charge >= 0.3 is 6.03 Å². The van der Waals surface area contributed by atoms with Gasteiger partial charge in [0.1, 0.15) is 11.8 Å². The first-order valence-electron chi connectivity index (χ1n) is 7.80. The topological polar surface area (TPSA) is 103 Å². The number of nitrogens with zero attached hydrogens (tertiary/aromatic N) is 1. The summed E-state index contributed by atoms with van der Waals surface area (Å²) in [5, 5.41) is 16.9. The number of ether oxygens (including phenoxy) is 1. The molecule has 0 spiro atoms. The van der Waals surface area contributed by atoms with Crippen LogP contribution >= 0.6 is 0 Å². The Morgan fingerprint density at radius 2 is 1.73 bits per heavy atom. The summed E-state index contributed by atoms with van der Waals surface area (Å²) >= 11 is 0. The van der Waals surface area contributed by atoms with Crippen LogP contribution in [0.25, 0.3) is 0 Å². The Balaban J connectivity index is 1.84. The average molecular weight is 350 g/mol. The molecule has 0 radical (unpaired) electrons. The van der Waals surface area contributed by atoms with E-state index in [1.807, 2.05) is 6.07 Å². The lowest BCUT2D eigenvalue weighted by Crippen LogP contribution is -2.28. The maximum absolute atomic E-state index is 12.0. The van der Waals surface area contributed by atoms with Crippen molar-refractivity contribution in [3.05, 3.63) is 66.7 Å². The monoisotopic (exact) mass is 350 g/mol. The standard InChI is InChI=1S/C19H18N4O3/c1-2-11-21-19(25)23-16-9-7-15(8-10-16)22-18(24)13-26-17-6-4-3-5-14(17)12-20/h2-10H,1,11,13H2,(H,22,24)(H2,21,23,25). The first-order valence-corrected chi connectivity index (χ1v) is 7.80. The van der Waals surface area contributed by atoms with Crippen molar-refractivity contribution in [1.29, 1.82) is 5.26 Å². The molecule has 0 saturated heterocycles. The van der Waals surface area contributed by atoms with Gasteiger partial charge in [-0.05, 0) is 36.4 Å². The van der Waals surface area contributed by atoms with Crippen LogP contribution in [0.4, 0.5) is 16.2 Å². The van der Waals surface area contributed by atoms with Crippen LogP contribution < -0.4 is 20.7 Å². The Kier molecular flexibility index (Phi) is 6.77. The van der Waals surface area contributed by atoms with E-state index in [-0.39, 0.29) is 18.5 Å². The molecule has 26 heavy (non-hydrogen) atoms. The highest BCUT2D eigenvalue weighted by Gasteiger charge is 2.07. The van der Waals surface area contributed by atoms with Gasteiger partial charge in [-0.15, -0.1) is 6.58 Å². The molecule has 2 aromatic rings. The van der Waals surface area contributed by atoms with Crippen molar-refractivity contribution in [3.63, 3.8) is 0 Å². The molecule has 2 aromatic carbocycles. The summed E-state index contributed by atoms with van der Waals surface area (Å²) in [7, 11) is 0. The van der Waals surface area contributed by atoms with E-state index in [9.17, 15) is 9.59 Å². The molecule has 132 valence electrons. The van der Waals surface area contributed by atoms with E-state index in [2.05, 4.69) is 22.5 Å². The second kappa shape index (κ2) is 9.49. The van der Waals surface area contributed by atoms with Crippen LogP contribution in [0.1, 0.15) is 5.56 Å². The van der Waals surface area contributed by atoms with Gasteiger partial charge in [-0.2, -0.15) is 5.26 Å². The van der Waals surface area contributed by atoms with Crippen LogP contribution in [0.3, 0.4) is 0 Å². The van der Waals surface area contributed by atoms with E-state index in [1.165, 1.54) is 0 Å². The van der Waals surface area contributed by atoms with Gasteiger partial charge in [-0.3, -0.25) is 4.79 Å². The number of para-hydroxylation sites is 1. The summed E-state index contributed by atoms with van der Waals surface area (Å²) in [6.45, 7) is 3.66. The fraction of sp³-hybridized carbons (Fsp3) is 0.105. The molecule has 7 heteroatoms. The highest BCUT2D eigenvalue weighted by molar-refractivity contribution is 5.93. The van der Waals surface area contributed by atoms with E-state index in [4.69, 9.17) is 10.00 Å². The smallest absolute Gasteiger partial charge is 0.319 e. The third-order valence-electron chi connectivity index (χ3n) is 3.20. The van der Waals surface area contributed by atoms with Crippen molar-refractivity contribution >= 4 is 23.3 Å². The summed E-state index contributed by atoms with van der Waals surface area (Å²) < 4.78 is 5.37. The molecule has 3 N–H and O–H groups in total. The first kappa shape index (κ1) is 18.5. The zero-order valence-electron chi connectivity index (χ0n) is 14.0. The van der Waals surface area contributed by atoms with Crippen molar-refractivity contribution in [2.75, 3.05) is 23.8 Å². The molecular formula is C19H18N4O3. The van der Waals surface area contributed by atoms with E-state index >= 15 is 0 Å². The average Bonchev–Trinajstić information content (AvgIpc) is 2.66. The van der Waals surface area contributed by atoms with Crippen LogP contribution in [0, 0.1) is 11.3 Å². The summed E-state index contributed by atoms with van der Waals surface area (Å²) in [6, 6.07) is 15.0. The second-order valence-electron chi connectivity index (χ2n) is 5.15. The number of carbonyl (C=O) groups excluding carboxylic acids is 2. The second-order valence-corrected chi connectivity index (χ2v) is 5.15. The predicted molar refractivity (Wildman–Crippen MR) is 98.9 cm³/mol.